The molecule has 0 aromatic heterocycles. The van der Waals surface area contributed by atoms with Crippen molar-refractivity contribution >= 4 is 5.97 Å². The molecule has 372 valence electrons. The second kappa shape index (κ2) is 37.8. The third-order valence-electron chi connectivity index (χ3n) is 12.3. The first kappa shape index (κ1) is 57.9. The van der Waals surface area contributed by atoms with Crippen molar-refractivity contribution in [2.75, 3.05) is 33.0 Å². The van der Waals surface area contributed by atoms with E-state index in [4.69, 9.17) is 28.4 Å². The van der Waals surface area contributed by atoms with Crippen molar-refractivity contribution in [3.63, 3.8) is 0 Å². The summed E-state index contributed by atoms with van der Waals surface area (Å²) >= 11 is 0. The molecule has 2 heterocycles. The number of esters is 1. The van der Waals surface area contributed by atoms with Gasteiger partial charge >= 0.3 is 5.97 Å². The number of unbranched alkanes of at least 4 members (excludes halogenated alkanes) is 24. The molecule has 0 bridgehead atoms. The zero-order valence-corrected chi connectivity index (χ0v) is 39.3. The van der Waals surface area contributed by atoms with E-state index in [0.717, 1.165) is 38.5 Å². The van der Waals surface area contributed by atoms with Gasteiger partial charge in [-0.3, -0.25) is 4.79 Å². The van der Waals surface area contributed by atoms with Gasteiger partial charge < -0.3 is 64.2 Å². The van der Waals surface area contributed by atoms with Crippen molar-refractivity contribution in [2.45, 2.75) is 261 Å². The van der Waals surface area contributed by atoms with E-state index in [0.29, 0.717) is 13.0 Å². The monoisotopic (exact) mass is 905 g/mol. The molecular weight excluding hydrogens is 813 g/mol. The molecule has 2 aliphatic heterocycles. The van der Waals surface area contributed by atoms with Crippen LogP contribution < -0.4 is 0 Å². The fourth-order valence-corrected chi connectivity index (χ4v) is 8.10. The van der Waals surface area contributed by atoms with E-state index in [2.05, 4.69) is 26.0 Å². The first-order chi connectivity index (χ1) is 30.6. The number of carbonyl (C=O) groups is 1. The lowest BCUT2D eigenvalue weighted by atomic mass is 9.98. The molecule has 11 unspecified atom stereocenters. The van der Waals surface area contributed by atoms with Gasteiger partial charge in [-0.2, -0.15) is 0 Å². The molecule has 63 heavy (non-hydrogen) atoms. The van der Waals surface area contributed by atoms with Crippen molar-refractivity contribution < 1.29 is 69.0 Å². The second-order valence-corrected chi connectivity index (χ2v) is 18.0. The van der Waals surface area contributed by atoms with Crippen LogP contribution in [0.25, 0.3) is 0 Å². The lowest BCUT2D eigenvalue weighted by Crippen LogP contribution is -2.61. The van der Waals surface area contributed by atoms with Crippen LogP contribution in [-0.2, 0) is 33.2 Å². The Kier molecular flexibility index (Phi) is 34.7. The molecule has 14 nitrogen and oxygen atoms in total. The maximum atomic E-state index is 12.9. The van der Waals surface area contributed by atoms with E-state index in [1.165, 1.54) is 128 Å². The van der Waals surface area contributed by atoms with Crippen molar-refractivity contribution in [1.82, 2.24) is 0 Å². The van der Waals surface area contributed by atoms with E-state index >= 15 is 0 Å². The molecule has 0 aromatic rings. The predicted molar refractivity (Wildman–Crippen MR) is 243 cm³/mol. The van der Waals surface area contributed by atoms with Gasteiger partial charge in [0.05, 0.1) is 26.4 Å². The van der Waals surface area contributed by atoms with Crippen LogP contribution in [0.5, 0.6) is 0 Å². The van der Waals surface area contributed by atoms with Crippen molar-refractivity contribution in [1.29, 1.82) is 0 Å². The van der Waals surface area contributed by atoms with Crippen molar-refractivity contribution in [3.8, 4) is 0 Å². The summed E-state index contributed by atoms with van der Waals surface area (Å²) in [6, 6.07) is 0. The Morgan fingerprint density at radius 1 is 0.508 bits per heavy atom. The number of aliphatic hydroxyl groups is 7. The minimum atomic E-state index is -1.70. The van der Waals surface area contributed by atoms with E-state index in [-0.39, 0.29) is 25.6 Å². The maximum Gasteiger partial charge on any atom is 0.306 e. The average molecular weight is 905 g/mol. The minimum absolute atomic E-state index is 0.0649. The van der Waals surface area contributed by atoms with Crippen LogP contribution in [0.15, 0.2) is 12.2 Å². The van der Waals surface area contributed by atoms with Crippen LogP contribution in [0.4, 0.5) is 0 Å². The second-order valence-electron chi connectivity index (χ2n) is 18.0. The molecule has 11 atom stereocenters. The third-order valence-corrected chi connectivity index (χ3v) is 12.3. The summed E-state index contributed by atoms with van der Waals surface area (Å²) < 4.78 is 34.1. The van der Waals surface area contributed by atoms with E-state index < -0.39 is 80.7 Å². The third kappa shape index (κ3) is 26.0. The number of aliphatic hydroxyl groups excluding tert-OH is 7. The van der Waals surface area contributed by atoms with Crippen LogP contribution in [0, 0.1) is 0 Å². The van der Waals surface area contributed by atoms with Gasteiger partial charge in [-0.1, -0.05) is 161 Å². The van der Waals surface area contributed by atoms with Crippen LogP contribution in [0.2, 0.25) is 0 Å². The van der Waals surface area contributed by atoms with Crippen LogP contribution >= 0.6 is 0 Å². The largest absolute Gasteiger partial charge is 0.457 e. The molecule has 0 radical (unpaired) electrons. The summed E-state index contributed by atoms with van der Waals surface area (Å²) in [6.45, 7) is 3.65. The smallest absolute Gasteiger partial charge is 0.306 e. The predicted octanol–water partition coefficient (Wildman–Crippen LogP) is 7.07. The van der Waals surface area contributed by atoms with Gasteiger partial charge in [0.25, 0.3) is 0 Å². The Balaban J connectivity index is 1.68. The molecule has 14 heteroatoms. The van der Waals surface area contributed by atoms with Gasteiger partial charge in [-0.25, -0.2) is 0 Å². The Bertz CT molecular complexity index is 1100. The van der Waals surface area contributed by atoms with Gasteiger partial charge in [0.2, 0.25) is 0 Å². The molecule has 0 amide bonds. The summed E-state index contributed by atoms with van der Waals surface area (Å²) in [7, 11) is 0. The molecule has 2 rings (SSSR count). The Morgan fingerprint density at radius 3 is 1.44 bits per heavy atom. The molecule has 2 saturated heterocycles. The van der Waals surface area contributed by atoms with Gasteiger partial charge in [0.15, 0.2) is 12.6 Å². The van der Waals surface area contributed by atoms with Crippen LogP contribution in [0.1, 0.15) is 194 Å². The van der Waals surface area contributed by atoms with E-state index in [1.54, 1.807) is 0 Å². The molecule has 0 spiro atoms. The normalized spacial score (nSPS) is 27.0. The summed E-state index contributed by atoms with van der Waals surface area (Å²) in [4.78, 5) is 12.9. The van der Waals surface area contributed by atoms with Crippen LogP contribution in [-0.4, -0.2) is 142 Å². The molecule has 0 aliphatic carbocycles. The Morgan fingerprint density at radius 2 is 0.937 bits per heavy atom. The van der Waals surface area contributed by atoms with Gasteiger partial charge in [-0.15, -0.1) is 0 Å². The first-order valence-corrected chi connectivity index (χ1v) is 25.3. The number of allylic oxidation sites excluding steroid dienone is 2. The molecule has 0 aromatic carbocycles. The number of hydrogen-bond acceptors (Lipinski definition) is 14. The number of hydrogen-bond donors (Lipinski definition) is 7. The summed E-state index contributed by atoms with van der Waals surface area (Å²) in [6.07, 6.45) is 21.7. The SMILES string of the molecule is CCCCCCCCCC/C=C\CCCCCCCCCCCCOCC(COC1OC(COC2OC(CO)C(O)C(O)C2O)C(O)C(O)C1O)OC(=O)CCCCCCCCC. The topological polar surface area (TPSA) is 214 Å². The average Bonchev–Trinajstić information content (AvgIpc) is 3.28. The first-order valence-electron chi connectivity index (χ1n) is 25.3. The zero-order valence-electron chi connectivity index (χ0n) is 39.3. The molecule has 2 aliphatic rings. The van der Waals surface area contributed by atoms with Gasteiger partial charge in [0, 0.05) is 13.0 Å². The highest BCUT2D eigenvalue weighted by Gasteiger charge is 2.47. The van der Waals surface area contributed by atoms with Gasteiger partial charge in [-0.05, 0) is 38.5 Å². The minimum Gasteiger partial charge on any atom is -0.457 e. The zero-order chi connectivity index (χ0) is 45.9. The lowest BCUT2D eigenvalue weighted by Gasteiger charge is -2.42. The number of ether oxygens (including phenoxy) is 6. The lowest BCUT2D eigenvalue weighted by molar-refractivity contribution is -0.332. The van der Waals surface area contributed by atoms with Crippen molar-refractivity contribution in [3.05, 3.63) is 12.2 Å². The van der Waals surface area contributed by atoms with E-state index in [1.807, 2.05) is 0 Å². The highest BCUT2D eigenvalue weighted by Crippen LogP contribution is 2.26. The fraction of sp³-hybridized carbons (Fsp3) is 0.939. The molecular formula is C49H92O14. The standard InChI is InChI=1S/C49H92O14/c1-3-5-7-9-11-12-13-14-15-16-17-18-19-20-21-22-23-24-25-27-29-31-33-58-35-38(61-41(51)32-30-28-26-10-8-6-4-2)36-59-48-47(57)45(55)43(53)40(63-48)37-60-49-46(56)44(54)42(52)39(34-50)62-49/h16-17,38-40,42-50,52-57H,3-15,18-37H2,1-2H3/b17-16-. The molecule has 0 saturated carbocycles. The maximum absolute atomic E-state index is 12.9. The fourth-order valence-electron chi connectivity index (χ4n) is 8.10. The van der Waals surface area contributed by atoms with E-state index in [9.17, 15) is 40.5 Å². The molecule has 7 N–H and O–H groups in total. The Labute approximate surface area is 380 Å². The van der Waals surface area contributed by atoms with Crippen LogP contribution in [0.3, 0.4) is 0 Å². The summed E-state index contributed by atoms with van der Waals surface area (Å²) in [5.74, 6) is -0.381. The quantitative estimate of drug-likeness (QED) is 0.0186. The van der Waals surface area contributed by atoms with Gasteiger partial charge in [0.1, 0.15) is 54.9 Å². The number of rotatable bonds is 40. The van der Waals surface area contributed by atoms with Crippen molar-refractivity contribution in [2.24, 2.45) is 0 Å². The molecule has 2 fully saturated rings. The summed E-state index contributed by atoms with van der Waals surface area (Å²) in [5, 5.41) is 71.9. The highest BCUT2D eigenvalue weighted by molar-refractivity contribution is 5.69. The Hall–Kier alpha value is -1.27. The number of carbonyl (C=O) groups excluding carboxylic acids is 1. The summed E-state index contributed by atoms with van der Waals surface area (Å²) in [5.41, 5.74) is 0. The highest BCUT2D eigenvalue weighted by atomic mass is 16.7.